The first kappa shape index (κ1) is 14.3. The number of rotatable bonds is 3. The number of nitrogens with one attached hydrogen (secondary N) is 2. The highest BCUT2D eigenvalue weighted by atomic mass is 16.2. The van der Waals surface area contributed by atoms with Gasteiger partial charge in [0, 0.05) is 0 Å². The van der Waals surface area contributed by atoms with E-state index in [1.165, 1.54) is 0 Å². The Morgan fingerprint density at radius 3 is 2.50 bits per heavy atom. The predicted molar refractivity (Wildman–Crippen MR) is 68.3 cm³/mol. The molecule has 4 N–H and O–H groups in total. The predicted octanol–water partition coefficient (Wildman–Crippen LogP) is -0.318. The molecule has 0 aromatic heterocycles. The van der Waals surface area contributed by atoms with Gasteiger partial charge in [0.05, 0.1) is 0 Å². The molecule has 0 aromatic carbocycles. The van der Waals surface area contributed by atoms with Crippen LogP contribution in [0.1, 0.15) is 32.1 Å². The third-order valence-electron chi connectivity index (χ3n) is 3.74. The van der Waals surface area contributed by atoms with E-state index in [9.17, 15) is 19.2 Å². The molecule has 2 rings (SSSR count). The number of amides is 6. The molecule has 0 spiro atoms. The summed E-state index contributed by atoms with van der Waals surface area (Å²) < 4.78 is 0. The van der Waals surface area contributed by atoms with Crippen molar-refractivity contribution in [1.29, 1.82) is 0 Å². The van der Waals surface area contributed by atoms with Crippen molar-refractivity contribution in [2.45, 2.75) is 38.1 Å². The van der Waals surface area contributed by atoms with Crippen molar-refractivity contribution in [2.75, 3.05) is 6.54 Å². The molecule has 1 saturated carbocycles. The van der Waals surface area contributed by atoms with E-state index >= 15 is 0 Å². The van der Waals surface area contributed by atoms with Crippen LogP contribution in [-0.4, -0.2) is 41.4 Å². The van der Waals surface area contributed by atoms with Gasteiger partial charge in [-0.1, -0.05) is 19.3 Å². The minimum Gasteiger partial charge on any atom is -0.351 e. The second-order valence-electron chi connectivity index (χ2n) is 5.16. The van der Waals surface area contributed by atoms with Crippen LogP contribution in [-0.2, 0) is 9.59 Å². The molecule has 0 radical (unpaired) electrons. The fraction of sp³-hybridized carbons (Fsp3) is 0.667. The first-order chi connectivity index (χ1) is 9.49. The van der Waals surface area contributed by atoms with Crippen LogP contribution in [0.25, 0.3) is 0 Å². The van der Waals surface area contributed by atoms with Crippen molar-refractivity contribution < 1.29 is 19.2 Å². The van der Waals surface area contributed by atoms with Crippen LogP contribution in [0.15, 0.2) is 0 Å². The number of nitrogens with zero attached hydrogens (tertiary/aromatic N) is 1. The van der Waals surface area contributed by atoms with Gasteiger partial charge in [0.1, 0.15) is 12.6 Å². The van der Waals surface area contributed by atoms with E-state index in [2.05, 4.69) is 5.32 Å². The van der Waals surface area contributed by atoms with Crippen LogP contribution in [0.2, 0.25) is 0 Å². The number of imide groups is 2. The van der Waals surface area contributed by atoms with Gasteiger partial charge >= 0.3 is 12.1 Å². The summed E-state index contributed by atoms with van der Waals surface area (Å²) in [7, 11) is 0. The Morgan fingerprint density at radius 2 is 1.90 bits per heavy atom. The molecule has 110 valence electrons. The molecule has 8 heteroatoms. The molecule has 0 unspecified atom stereocenters. The standard InChI is InChI=1S/C12H18N4O4/c13-11(19)14-8(17)6-16-10(18)9(15-12(16)20)7-4-2-1-3-5-7/h7,9H,1-6H2,(H,15,20)(H3,13,14,17,19)/t9-/m0/s1. The van der Waals surface area contributed by atoms with Gasteiger partial charge in [-0.25, -0.2) is 9.59 Å². The molecule has 1 aliphatic heterocycles. The number of primary amides is 1. The van der Waals surface area contributed by atoms with E-state index in [-0.39, 0.29) is 5.92 Å². The fourth-order valence-electron chi connectivity index (χ4n) is 2.80. The summed E-state index contributed by atoms with van der Waals surface area (Å²) in [5.74, 6) is -1.05. The lowest BCUT2D eigenvalue weighted by molar-refractivity contribution is -0.132. The summed E-state index contributed by atoms with van der Waals surface area (Å²) in [6.45, 7) is -0.489. The minimum atomic E-state index is -1.01. The third-order valence-corrected chi connectivity index (χ3v) is 3.74. The highest BCUT2D eigenvalue weighted by Gasteiger charge is 2.43. The lowest BCUT2D eigenvalue weighted by atomic mass is 9.84. The quantitative estimate of drug-likeness (QED) is 0.614. The maximum atomic E-state index is 12.2. The number of carbonyl (C=O) groups is 4. The molecule has 1 heterocycles. The molecular formula is C12H18N4O4. The molecule has 6 amide bonds. The summed E-state index contributed by atoms with van der Waals surface area (Å²) in [6.07, 6.45) is 5.05. The maximum absolute atomic E-state index is 12.2. The lowest BCUT2D eigenvalue weighted by Gasteiger charge is -2.25. The molecule has 1 saturated heterocycles. The van der Waals surface area contributed by atoms with Crippen LogP contribution in [0.4, 0.5) is 9.59 Å². The number of hydrogen-bond donors (Lipinski definition) is 3. The van der Waals surface area contributed by atoms with Gasteiger partial charge < -0.3 is 11.1 Å². The van der Waals surface area contributed by atoms with Crippen LogP contribution >= 0.6 is 0 Å². The smallest absolute Gasteiger partial charge is 0.325 e. The second-order valence-corrected chi connectivity index (χ2v) is 5.16. The molecule has 1 aliphatic carbocycles. The second kappa shape index (κ2) is 5.89. The molecular weight excluding hydrogens is 264 g/mol. The highest BCUT2D eigenvalue weighted by molar-refractivity contribution is 6.07. The lowest BCUT2D eigenvalue weighted by Crippen LogP contribution is -2.45. The van der Waals surface area contributed by atoms with Crippen LogP contribution in [0.3, 0.4) is 0 Å². The SMILES string of the molecule is NC(=O)NC(=O)CN1C(=O)N[C@@H](C2CCCCC2)C1=O. The van der Waals surface area contributed by atoms with Crippen molar-refractivity contribution in [3.63, 3.8) is 0 Å². The van der Waals surface area contributed by atoms with Gasteiger partial charge in [-0.05, 0) is 18.8 Å². The molecule has 0 aromatic rings. The van der Waals surface area contributed by atoms with Crippen molar-refractivity contribution in [3.05, 3.63) is 0 Å². The van der Waals surface area contributed by atoms with Gasteiger partial charge in [-0.15, -0.1) is 0 Å². The molecule has 2 fully saturated rings. The monoisotopic (exact) mass is 282 g/mol. The summed E-state index contributed by atoms with van der Waals surface area (Å²) >= 11 is 0. The highest BCUT2D eigenvalue weighted by Crippen LogP contribution is 2.29. The van der Waals surface area contributed by atoms with E-state index in [4.69, 9.17) is 5.73 Å². The fourth-order valence-corrected chi connectivity index (χ4v) is 2.80. The largest absolute Gasteiger partial charge is 0.351 e. The van der Waals surface area contributed by atoms with E-state index in [1.807, 2.05) is 5.32 Å². The molecule has 2 aliphatic rings. The van der Waals surface area contributed by atoms with Crippen LogP contribution < -0.4 is 16.4 Å². The maximum Gasteiger partial charge on any atom is 0.325 e. The summed E-state index contributed by atoms with van der Waals surface area (Å²) in [5.41, 5.74) is 4.81. The van der Waals surface area contributed by atoms with Crippen molar-refractivity contribution in [3.8, 4) is 0 Å². The zero-order chi connectivity index (χ0) is 14.7. The van der Waals surface area contributed by atoms with Gasteiger partial charge in [-0.2, -0.15) is 0 Å². The Morgan fingerprint density at radius 1 is 1.25 bits per heavy atom. The first-order valence-corrected chi connectivity index (χ1v) is 6.70. The average Bonchev–Trinajstić information content (AvgIpc) is 2.67. The number of carbonyl (C=O) groups excluding carboxylic acids is 4. The summed E-state index contributed by atoms with van der Waals surface area (Å²) in [6, 6.07) is -2.15. The number of urea groups is 2. The van der Waals surface area contributed by atoms with Crippen molar-refractivity contribution in [1.82, 2.24) is 15.5 Å². The Hall–Kier alpha value is -2.12. The normalized spacial score (nSPS) is 23.6. The Bertz CT molecular complexity index is 445. The van der Waals surface area contributed by atoms with E-state index in [0.29, 0.717) is 0 Å². The molecule has 0 bridgehead atoms. The molecule has 8 nitrogen and oxygen atoms in total. The Balaban J connectivity index is 1.97. The van der Waals surface area contributed by atoms with Gasteiger partial charge in [0.25, 0.3) is 5.91 Å². The summed E-state index contributed by atoms with van der Waals surface area (Å²) in [5, 5.41) is 4.45. The zero-order valence-corrected chi connectivity index (χ0v) is 11.1. The van der Waals surface area contributed by atoms with Gasteiger partial charge in [-0.3, -0.25) is 19.8 Å². The molecule has 20 heavy (non-hydrogen) atoms. The molecule has 1 atom stereocenters. The average molecular weight is 282 g/mol. The topological polar surface area (TPSA) is 122 Å². The van der Waals surface area contributed by atoms with Crippen molar-refractivity contribution >= 4 is 23.9 Å². The Labute approximate surface area is 116 Å². The van der Waals surface area contributed by atoms with Crippen LogP contribution in [0.5, 0.6) is 0 Å². The summed E-state index contributed by atoms with van der Waals surface area (Å²) in [4.78, 5) is 46.7. The van der Waals surface area contributed by atoms with Gasteiger partial charge in [0.15, 0.2) is 0 Å². The van der Waals surface area contributed by atoms with E-state index in [0.717, 1.165) is 37.0 Å². The minimum absolute atomic E-state index is 0.129. The first-order valence-electron chi connectivity index (χ1n) is 6.70. The Kier molecular flexibility index (Phi) is 4.21. The van der Waals surface area contributed by atoms with Crippen LogP contribution in [0, 0.1) is 5.92 Å². The van der Waals surface area contributed by atoms with Gasteiger partial charge in [0.2, 0.25) is 5.91 Å². The zero-order valence-electron chi connectivity index (χ0n) is 11.1. The third kappa shape index (κ3) is 3.06. The number of nitrogens with two attached hydrogens (primary N) is 1. The number of hydrogen-bond acceptors (Lipinski definition) is 4. The van der Waals surface area contributed by atoms with Crippen molar-refractivity contribution in [2.24, 2.45) is 11.7 Å². The van der Waals surface area contributed by atoms with E-state index in [1.54, 1.807) is 0 Å². The van der Waals surface area contributed by atoms with E-state index < -0.39 is 36.5 Å².